The Hall–Kier alpha value is -1.51. The van der Waals surface area contributed by atoms with Crippen molar-refractivity contribution in [2.45, 2.75) is 33.1 Å². The molecule has 98 valence electrons. The molecule has 0 atom stereocenters. The summed E-state index contributed by atoms with van der Waals surface area (Å²) in [6.45, 7) is 6.07. The molecule has 1 aromatic rings. The zero-order valence-corrected chi connectivity index (χ0v) is 11.1. The Morgan fingerprint density at radius 3 is 2.72 bits per heavy atom. The summed E-state index contributed by atoms with van der Waals surface area (Å²) in [5, 5.41) is 9.30. The molecule has 1 N–H and O–H groups in total. The lowest BCUT2D eigenvalue weighted by atomic mass is 10.1. The van der Waals surface area contributed by atoms with Gasteiger partial charge in [-0.15, -0.1) is 0 Å². The Bertz CT molecular complexity index is 438. The first-order chi connectivity index (χ1) is 8.61. The van der Waals surface area contributed by atoms with Crippen LogP contribution in [0.2, 0.25) is 0 Å². The molecular formula is C15H21NO2. The smallest absolute Gasteiger partial charge is 0.337 e. The molecule has 0 amide bonds. The van der Waals surface area contributed by atoms with Crippen LogP contribution in [-0.2, 0) is 0 Å². The van der Waals surface area contributed by atoms with E-state index in [9.17, 15) is 9.90 Å². The van der Waals surface area contributed by atoms with E-state index in [2.05, 4.69) is 11.8 Å². The normalized spacial score (nSPS) is 14.6. The maximum Gasteiger partial charge on any atom is 0.337 e. The van der Waals surface area contributed by atoms with E-state index in [1.807, 2.05) is 19.1 Å². The molecule has 0 spiro atoms. The van der Waals surface area contributed by atoms with E-state index in [1.54, 1.807) is 6.07 Å². The van der Waals surface area contributed by atoms with Crippen molar-refractivity contribution >= 4 is 11.7 Å². The molecule has 1 saturated carbocycles. The van der Waals surface area contributed by atoms with Crippen molar-refractivity contribution in [3.63, 3.8) is 0 Å². The zero-order valence-electron chi connectivity index (χ0n) is 11.1. The molecule has 1 fully saturated rings. The van der Waals surface area contributed by atoms with Crippen LogP contribution in [-0.4, -0.2) is 24.2 Å². The molecule has 2 rings (SSSR count). The van der Waals surface area contributed by atoms with Crippen LogP contribution in [0.1, 0.15) is 42.1 Å². The lowest BCUT2D eigenvalue weighted by molar-refractivity contribution is 0.0697. The highest BCUT2D eigenvalue weighted by Crippen LogP contribution is 2.33. The van der Waals surface area contributed by atoms with Crippen molar-refractivity contribution in [1.82, 2.24) is 0 Å². The van der Waals surface area contributed by atoms with E-state index in [0.717, 1.165) is 36.7 Å². The number of aromatic carboxylic acids is 1. The number of carbonyl (C=O) groups is 1. The Morgan fingerprint density at radius 2 is 2.17 bits per heavy atom. The summed E-state index contributed by atoms with van der Waals surface area (Å²) in [6.07, 6.45) is 3.61. The quantitative estimate of drug-likeness (QED) is 0.838. The summed E-state index contributed by atoms with van der Waals surface area (Å²) >= 11 is 0. The van der Waals surface area contributed by atoms with Gasteiger partial charge in [-0.25, -0.2) is 4.79 Å². The summed E-state index contributed by atoms with van der Waals surface area (Å²) in [7, 11) is 0. The van der Waals surface area contributed by atoms with Crippen LogP contribution >= 0.6 is 0 Å². The van der Waals surface area contributed by atoms with Gasteiger partial charge in [0.15, 0.2) is 0 Å². The lowest BCUT2D eigenvalue weighted by Crippen LogP contribution is -2.28. The third-order valence-corrected chi connectivity index (χ3v) is 3.39. The first-order valence-corrected chi connectivity index (χ1v) is 6.70. The van der Waals surface area contributed by atoms with Crippen molar-refractivity contribution in [3.8, 4) is 0 Å². The number of hydrogen-bond acceptors (Lipinski definition) is 2. The maximum atomic E-state index is 11.3. The van der Waals surface area contributed by atoms with Crippen molar-refractivity contribution < 1.29 is 9.90 Å². The van der Waals surface area contributed by atoms with Gasteiger partial charge >= 0.3 is 5.97 Å². The second-order valence-corrected chi connectivity index (χ2v) is 5.22. The Labute approximate surface area is 108 Å². The number of aryl methyl sites for hydroxylation is 1. The minimum absolute atomic E-state index is 0.426. The van der Waals surface area contributed by atoms with Gasteiger partial charge in [0.1, 0.15) is 0 Å². The maximum absolute atomic E-state index is 11.3. The summed E-state index contributed by atoms with van der Waals surface area (Å²) in [4.78, 5) is 13.6. The number of anilines is 1. The van der Waals surface area contributed by atoms with Crippen molar-refractivity contribution in [1.29, 1.82) is 0 Å². The summed E-state index contributed by atoms with van der Waals surface area (Å²) in [5.74, 6) is -0.0689. The molecule has 0 aliphatic heterocycles. The molecule has 0 heterocycles. The fourth-order valence-electron chi connectivity index (χ4n) is 2.28. The van der Waals surface area contributed by atoms with E-state index >= 15 is 0 Å². The van der Waals surface area contributed by atoms with Gasteiger partial charge in [0.2, 0.25) is 0 Å². The molecular weight excluding hydrogens is 226 g/mol. The monoisotopic (exact) mass is 247 g/mol. The summed E-state index contributed by atoms with van der Waals surface area (Å²) < 4.78 is 0. The van der Waals surface area contributed by atoms with Gasteiger partial charge in [0.05, 0.1) is 11.3 Å². The predicted molar refractivity (Wildman–Crippen MR) is 73.4 cm³/mol. The van der Waals surface area contributed by atoms with Crippen LogP contribution in [0.4, 0.5) is 5.69 Å². The van der Waals surface area contributed by atoms with E-state index in [4.69, 9.17) is 0 Å². The fraction of sp³-hybridized carbons (Fsp3) is 0.533. The molecule has 1 aliphatic carbocycles. The van der Waals surface area contributed by atoms with Gasteiger partial charge in [0, 0.05) is 13.1 Å². The average Bonchev–Trinajstić information content (AvgIpc) is 3.12. The van der Waals surface area contributed by atoms with E-state index in [-0.39, 0.29) is 0 Å². The highest BCUT2D eigenvalue weighted by molar-refractivity contribution is 5.94. The molecule has 0 unspecified atom stereocenters. The number of rotatable bonds is 6. The van der Waals surface area contributed by atoms with Crippen LogP contribution in [0.15, 0.2) is 18.2 Å². The fourth-order valence-corrected chi connectivity index (χ4v) is 2.28. The Kier molecular flexibility index (Phi) is 3.90. The number of nitrogens with zero attached hydrogens (tertiary/aromatic N) is 1. The standard InChI is InChI=1S/C15H21NO2/c1-3-8-16(10-12-5-6-12)14-9-11(2)4-7-13(14)15(17)18/h4,7,9,12H,3,5-6,8,10H2,1-2H3,(H,17,18). The first kappa shape index (κ1) is 12.9. The second-order valence-electron chi connectivity index (χ2n) is 5.22. The van der Waals surface area contributed by atoms with Crippen molar-refractivity contribution in [2.24, 2.45) is 5.92 Å². The molecule has 1 aromatic carbocycles. The Morgan fingerprint density at radius 1 is 1.44 bits per heavy atom. The van der Waals surface area contributed by atoms with E-state index < -0.39 is 5.97 Å². The zero-order chi connectivity index (χ0) is 13.1. The van der Waals surface area contributed by atoms with Crippen LogP contribution < -0.4 is 4.90 Å². The largest absolute Gasteiger partial charge is 0.478 e. The molecule has 18 heavy (non-hydrogen) atoms. The predicted octanol–water partition coefficient (Wildman–Crippen LogP) is 3.32. The van der Waals surface area contributed by atoms with Gasteiger partial charge in [-0.2, -0.15) is 0 Å². The van der Waals surface area contributed by atoms with Crippen LogP contribution in [0, 0.1) is 12.8 Å². The van der Waals surface area contributed by atoms with Crippen molar-refractivity contribution in [3.05, 3.63) is 29.3 Å². The highest BCUT2D eigenvalue weighted by atomic mass is 16.4. The molecule has 0 aromatic heterocycles. The minimum Gasteiger partial charge on any atom is -0.478 e. The van der Waals surface area contributed by atoms with Gasteiger partial charge in [0.25, 0.3) is 0 Å². The van der Waals surface area contributed by atoms with Crippen LogP contribution in [0.3, 0.4) is 0 Å². The minimum atomic E-state index is -0.832. The topological polar surface area (TPSA) is 40.5 Å². The highest BCUT2D eigenvalue weighted by Gasteiger charge is 2.26. The van der Waals surface area contributed by atoms with E-state index in [0.29, 0.717) is 5.56 Å². The number of carboxylic acids is 1. The molecule has 1 aliphatic rings. The lowest BCUT2D eigenvalue weighted by Gasteiger charge is -2.26. The summed E-state index contributed by atoms with van der Waals surface area (Å²) in [5.41, 5.74) is 2.43. The second kappa shape index (κ2) is 5.42. The first-order valence-electron chi connectivity index (χ1n) is 6.70. The molecule has 0 radical (unpaired) electrons. The molecule has 0 saturated heterocycles. The average molecular weight is 247 g/mol. The number of carboxylic acid groups (broad SMARTS) is 1. The molecule has 3 heteroatoms. The number of benzene rings is 1. The van der Waals surface area contributed by atoms with Crippen molar-refractivity contribution in [2.75, 3.05) is 18.0 Å². The SMILES string of the molecule is CCCN(CC1CC1)c1cc(C)ccc1C(=O)O. The van der Waals surface area contributed by atoms with Gasteiger partial charge in [-0.05, 0) is 49.8 Å². The van der Waals surface area contributed by atoms with Crippen LogP contribution in [0.25, 0.3) is 0 Å². The third kappa shape index (κ3) is 3.03. The Balaban J connectivity index is 2.30. The van der Waals surface area contributed by atoms with Crippen LogP contribution in [0.5, 0.6) is 0 Å². The summed E-state index contributed by atoms with van der Waals surface area (Å²) in [6, 6.07) is 5.60. The number of hydrogen-bond donors (Lipinski definition) is 1. The van der Waals surface area contributed by atoms with Gasteiger partial charge in [-0.3, -0.25) is 0 Å². The molecule has 0 bridgehead atoms. The van der Waals surface area contributed by atoms with Gasteiger partial charge in [-0.1, -0.05) is 13.0 Å². The van der Waals surface area contributed by atoms with Gasteiger partial charge < -0.3 is 10.0 Å². The molecule has 3 nitrogen and oxygen atoms in total. The van der Waals surface area contributed by atoms with E-state index in [1.165, 1.54) is 12.8 Å². The third-order valence-electron chi connectivity index (χ3n) is 3.39.